The van der Waals surface area contributed by atoms with Crippen molar-refractivity contribution < 1.29 is 27.4 Å². The van der Waals surface area contributed by atoms with Gasteiger partial charge in [0, 0.05) is 29.4 Å². The van der Waals surface area contributed by atoms with Gasteiger partial charge in [0.2, 0.25) is 0 Å². The summed E-state index contributed by atoms with van der Waals surface area (Å²) >= 11 is 5.17. The molecule has 0 spiro atoms. The number of rotatable bonds is 7. The number of aromatic nitrogens is 1. The summed E-state index contributed by atoms with van der Waals surface area (Å²) in [6.07, 6.45) is -2.53. The predicted octanol–water partition coefficient (Wildman–Crippen LogP) is 5.24. The van der Waals surface area contributed by atoms with Gasteiger partial charge in [0.25, 0.3) is 5.91 Å². The number of nitrogens with one attached hydrogen (secondary N) is 2. The fourth-order valence-electron chi connectivity index (χ4n) is 3.13. The van der Waals surface area contributed by atoms with Crippen LogP contribution in [0.15, 0.2) is 42.6 Å². The summed E-state index contributed by atoms with van der Waals surface area (Å²) in [6.45, 7) is 3.86. The lowest BCUT2D eigenvalue weighted by atomic mass is 10.1. The molecule has 11 heteroatoms. The number of nitrogens with two attached hydrogens (primary N) is 1. The van der Waals surface area contributed by atoms with Gasteiger partial charge in [-0.25, -0.2) is 0 Å². The maximum Gasteiger partial charge on any atom is 0.420 e. The quantitative estimate of drug-likeness (QED) is 0.388. The van der Waals surface area contributed by atoms with Gasteiger partial charge < -0.3 is 25.8 Å². The van der Waals surface area contributed by atoms with Crippen molar-refractivity contribution in [3.63, 3.8) is 0 Å². The molecule has 1 heterocycles. The largest absolute Gasteiger partial charge is 0.496 e. The molecule has 0 aliphatic rings. The summed E-state index contributed by atoms with van der Waals surface area (Å²) in [7, 11) is 1.36. The Morgan fingerprint density at radius 1 is 1.18 bits per heavy atom. The number of halogens is 3. The molecule has 0 radical (unpaired) electrons. The van der Waals surface area contributed by atoms with Crippen LogP contribution in [-0.2, 0) is 6.18 Å². The van der Waals surface area contributed by atoms with Crippen molar-refractivity contribution in [2.45, 2.75) is 32.5 Å². The third-order valence-corrected chi connectivity index (χ3v) is 5.26. The second kappa shape index (κ2) is 10.1. The van der Waals surface area contributed by atoms with Crippen molar-refractivity contribution in [1.29, 1.82) is 0 Å². The zero-order valence-electron chi connectivity index (χ0n) is 18.6. The van der Waals surface area contributed by atoms with E-state index in [4.69, 9.17) is 27.4 Å². The van der Waals surface area contributed by atoms with Gasteiger partial charge in [0.1, 0.15) is 22.8 Å². The van der Waals surface area contributed by atoms with Gasteiger partial charge in [-0.05, 0) is 55.9 Å². The number of alkyl halides is 3. The third-order valence-electron chi connectivity index (χ3n) is 5.04. The number of ether oxygens (including phenoxy) is 2. The lowest BCUT2D eigenvalue weighted by molar-refractivity contribution is -0.138. The molecule has 7 nitrogen and oxygen atoms in total. The zero-order valence-corrected chi connectivity index (χ0v) is 19.4. The standard InChI is InChI=1S/C23H23F3N4O3S/c1-4-12(2)29-22(34)30-13-5-6-19(16(9-13)23(24,25)26)33-18-7-8-28-17-11-20(32-3)15(21(27)31)10-14(17)18/h5-12H,4H2,1-3H3,(H2,27,31)(H2,29,30,34). The second-order valence-corrected chi connectivity index (χ2v) is 7.87. The van der Waals surface area contributed by atoms with Crippen LogP contribution in [0.25, 0.3) is 10.9 Å². The van der Waals surface area contributed by atoms with E-state index < -0.39 is 23.4 Å². The molecule has 1 amide bonds. The van der Waals surface area contributed by atoms with E-state index in [-0.39, 0.29) is 33.9 Å². The fourth-order valence-corrected chi connectivity index (χ4v) is 3.45. The molecule has 180 valence electrons. The molecule has 0 fully saturated rings. The van der Waals surface area contributed by atoms with E-state index in [1.165, 1.54) is 43.6 Å². The number of nitrogens with zero attached hydrogens (tertiary/aromatic N) is 1. The average molecular weight is 493 g/mol. The van der Waals surface area contributed by atoms with Crippen molar-refractivity contribution in [2.24, 2.45) is 5.73 Å². The molecule has 3 rings (SSSR count). The number of carbonyl (C=O) groups excluding carboxylic acids is 1. The smallest absolute Gasteiger partial charge is 0.420 e. The number of methoxy groups -OCH3 is 1. The minimum absolute atomic E-state index is 0.0470. The molecule has 0 aliphatic heterocycles. The van der Waals surface area contributed by atoms with Gasteiger partial charge >= 0.3 is 6.18 Å². The van der Waals surface area contributed by atoms with E-state index in [0.29, 0.717) is 10.9 Å². The molecule has 1 unspecified atom stereocenters. The molecule has 0 bridgehead atoms. The number of fused-ring (bicyclic) bond motifs is 1. The molecule has 1 aromatic heterocycles. The zero-order chi connectivity index (χ0) is 25.0. The average Bonchev–Trinajstić information content (AvgIpc) is 2.78. The van der Waals surface area contributed by atoms with Crippen molar-refractivity contribution in [3.8, 4) is 17.2 Å². The van der Waals surface area contributed by atoms with Crippen molar-refractivity contribution >= 4 is 39.8 Å². The summed E-state index contributed by atoms with van der Waals surface area (Å²) in [5.74, 6) is -0.932. The van der Waals surface area contributed by atoms with Crippen molar-refractivity contribution in [1.82, 2.24) is 10.3 Å². The first-order chi connectivity index (χ1) is 16.0. The lowest BCUT2D eigenvalue weighted by Crippen LogP contribution is -2.35. The number of thiocarbonyl (C=S) groups is 1. The van der Waals surface area contributed by atoms with Gasteiger partial charge in [-0.2, -0.15) is 13.2 Å². The van der Waals surface area contributed by atoms with Crippen LogP contribution in [0.5, 0.6) is 17.2 Å². The van der Waals surface area contributed by atoms with Crippen LogP contribution < -0.4 is 25.8 Å². The van der Waals surface area contributed by atoms with Gasteiger partial charge in [-0.1, -0.05) is 6.92 Å². The van der Waals surface area contributed by atoms with Crippen LogP contribution >= 0.6 is 12.2 Å². The number of pyridine rings is 1. The summed E-state index contributed by atoms with van der Waals surface area (Å²) < 4.78 is 52.4. The van der Waals surface area contributed by atoms with Gasteiger partial charge in [-0.3, -0.25) is 9.78 Å². The maximum absolute atomic E-state index is 13.9. The molecule has 0 aliphatic carbocycles. The summed E-state index contributed by atoms with van der Waals surface area (Å²) in [5, 5.41) is 6.26. The van der Waals surface area contributed by atoms with E-state index in [1.54, 1.807) is 0 Å². The molecular formula is C23H23F3N4O3S. The summed E-state index contributed by atoms with van der Waals surface area (Å²) in [5.41, 5.74) is 4.96. The fraction of sp³-hybridized carbons (Fsp3) is 0.261. The van der Waals surface area contributed by atoms with E-state index in [2.05, 4.69) is 15.6 Å². The van der Waals surface area contributed by atoms with Gasteiger partial charge in [0.15, 0.2) is 5.11 Å². The highest BCUT2D eigenvalue weighted by atomic mass is 32.1. The Morgan fingerprint density at radius 2 is 1.91 bits per heavy atom. The predicted molar refractivity (Wildman–Crippen MR) is 127 cm³/mol. The normalized spacial score (nSPS) is 12.2. The molecule has 3 aromatic rings. The lowest BCUT2D eigenvalue weighted by Gasteiger charge is -2.18. The Bertz CT molecular complexity index is 1230. The molecule has 4 N–H and O–H groups in total. The molecular weight excluding hydrogens is 469 g/mol. The van der Waals surface area contributed by atoms with Gasteiger partial charge in [0.05, 0.1) is 18.2 Å². The van der Waals surface area contributed by atoms with E-state index in [1.807, 2.05) is 13.8 Å². The molecule has 0 saturated heterocycles. The van der Waals surface area contributed by atoms with Crippen LogP contribution in [0, 0.1) is 0 Å². The summed E-state index contributed by atoms with van der Waals surface area (Å²) in [4.78, 5) is 16.0. The van der Waals surface area contributed by atoms with Crippen LogP contribution in [0.1, 0.15) is 36.2 Å². The molecule has 34 heavy (non-hydrogen) atoms. The monoisotopic (exact) mass is 492 g/mol. The van der Waals surface area contributed by atoms with E-state index >= 15 is 0 Å². The second-order valence-electron chi connectivity index (χ2n) is 7.46. The van der Waals surface area contributed by atoms with Crippen molar-refractivity contribution in [3.05, 3.63) is 53.7 Å². The Labute approximate surface area is 199 Å². The Kier molecular flexibility index (Phi) is 7.45. The SMILES string of the molecule is CCC(C)NC(=S)Nc1ccc(Oc2ccnc3cc(OC)c(C(N)=O)cc23)c(C(F)(F)F)c1. The highest BCUT2D eigenvalue weighted by Crippen LogP contribution is 2.41. The highest BCUT2D eigenvalue weighted by Gasteiger charge is 2.35. The Morgan fingerprint density at radius 3 is 2.53 bits per heavy atom. The first-order valence-corrected chi connectivity index (χ1v) is 10.7. The van der Waals surface area contributed by atoms with Crippen LogP contribution in [-0.4, -0.2) is 29.2 Å². The minimum Gasteiger partial charge on any atom is -0.496 e. The van der Waals surface area contributed by atoms with Gasteiger partial charge in [-0.15, -0.1) is 0 Å². The Hall–Kier alpha value is -3.60. The maximum atomic E-state index is 13.9. The van der Waals surface area contributed by atoms with Crippen molar-refractivity contribution in [2.75, 3.05) is 12.4 Å². The first-order valence-electron chi connectivity index (χ1n) is 10.3. The number of hydrogen-bond acceptors (Lipinski definition) is 5. The van der Waals surface area contributed by atoms with Crippen LogP contribution in [0.2, 0.25) is 0 Å². The number of primary amides is 1. The molecule has 0 saturated carbocycles. The summed E-state index contributed by atoms with van der Waals surface area (Å²) in [6, 6.07) is 7.84. The Balaban J connectivity index is 2.01. The minimum atomic E-state index is -4.71. The number of benzene rings is 2. The number of hydrogen-bond donors (Lipinski definition) is 3. The number of carbonyl (C=O) groups is 1. The molecule has 2 aromatic carbocycles. The highest BCUT2D eigenvalue weighted by molar-refractivity contribution is 7.80. The molecule has 1 atom stereocenters. The van der Waals surface area contributed by atoms with E-state index in [9.17, 15) is 18.0 Å². The van der Waals surface area contributed by atoms with Crippen LogP contribution in [0.4, 0.5) is 18.9 Å². The topological polar surface area (TPSA) is 98.5 Å². The number of anilines is 1. The third kappa shape index (κ3) is 5.66. The first kappa shape index (κ1) is 25.0. The van der Waals surface area contributed by atoms with Crippen LogP contribution in [0.3, 0.4) is 0 Å². The number of amides is 1. The van der Waals surface area contributed by atoms with E-state index in [0.717, 1.165) is 12.5 Å².